The zero-order valence-electron chi connectivity index (χ0n) is 14.8. The zero-order chi connectivity index (χ0) is 16.9. The fourth-order valence-corrected chi connectivity index (χ4v) is 4.41. The highest BCUT2D eigenvalue weighted by Crippen LogP contribution is 2.40. The van der Waals surface area contributed by atoms with Gasteiger partial charge in [-0.25, -0.2) is 4.98 Å². The van der Waals surface area contributed by atoms with Crippen LogP contribution in [-0.4, -0.2) is 28.1 Å². The SMILES string of the molecule is Cl.Cl.Clc1c(-c2ccc3c(c2)CCC2(CCNCC2)O3)ccc2nccn12. The minimum absolute atomic E-state index is 0. The van der Waals surface area contributed by atoms with Gasteiger partial charge in [0.2, 0.25) is 0 Å². The van der Waals surface area contributed by atoms with Gasteiger partial charge >= 0.3 is 0 Å². The van der Waals surface area contributed by atoms with E-state index in [-0.39, 0.29) is 30.4 Å². The van der Waals surface area contributed by atoms with Crippen LogP contribution in [0.3, 0.4) is 0 Å². The summed E-state index contributed by atoms with van der Waals surface area (Å²) in [5.41, 5.74) is 4.33. The number of imidazole rings is 1. The fraction of sp³-hybridized carbons (Fsp3) is 0.350. The molecule has 27 heavy (non-hydrogen) atoms. The lowest BCUT2D eigenvalue weighted by Gasteiger charge is -2.41. The maximum atomic E-state index is 6.60. The maximum absolute atomic E-state index is 6.60. The summed E-state index contributed by atoms with van der Waals surface area (Å²) in [6.45, 7) is 2.10. The summed E-state index contributed by atoms with van der Waals surface area (Å²) in [6, 6.07) is 10.5. The van der Waals surface area contributed by atoms with Gasteiger partial charge in [-0.05, 0) is 74.2 Å². The summed E-state index contributed by atoms with van der Waals surface area (Å²) < 4.78 is 8.36. The number of nitrogens with zero attached hydrogens (tertiary/aromatic N) is 2. The Hall–Kier alpha value is -1.46. The van der Waals surface area contributed by atoms with Gasteiger partial charge in [-0.3, -0.25) is 4.40 Å². The van der Waals surface area contributed by atoms with Crippen molar-refractivity contribution in [3.63, 3.8) is 0 Å². The molecule has 0 saturated carbocycles. The van der Waals surface area contributed by atoms with E-state index in [2.05, 4.69) is 28.5 Å². The van der Waals surface area contributed by atoms with Crippen LogP contribution >= 0.6 is 36.4 Å². The molecule has 1 fully saturated rings. The van der Waals surface area contributed by atoms with Crippen molar-refractivity contribution in [2.75, 3.05) is 13.1 Å². The molecule has 3 aromatic rings. The second-order valence-corrected chi connectivity index (χ2v) is 7.41. The zero-order valence-corrected chi connectivity index (χ0v) is 17.2. The van der Waals surface area contributed by atoms with E-state index in [0.29, 0.717) is 5.15 Å². The number of rotatable bonds is 1. The minimum atomic E-state index is 0. The Morgan fingerprint density at radius 2 is 1.89 bits per heavy atom. The van der Waals surface area contributed by atoms with Crippen molar-refractivity contribution in [1.82, 2.24) is 14.7 Å². The molecule has 0 bridgehead atoms. The molecular weight excluding hydrogens is 405 g/mol. The third-order valence-corrected chi connectivity index (χ3v) is 5.95. The number of piperidine rings is 1. The third-order valence-electron chi connectivity index (χ3n) is 5.56. The molecule has 0 amide bonds. The molecule has 7 heteroatoms. The first kappa shape index (κ1) is 20.3. The van der Waals surface area contributed by atoms with E-state index in [1.807, 2.05) is 22.7 Å². The number of fused-ring (bicyclic) bond motifs is 2. The van der Waals surface area contributed by atoms with Crippen molar-refractivity contribution < 1.29 is 4.74 Å². The lowest BCUT2D eigenvalue weighted by molar-refractivity contribution is 0.0170. The Balaban J connectivity index is 0.00000105. The van der Waals surface area contributed by atoms with Crippen LogP contribution in [0, 0.1) is 0 Å². The van der Waals surface area contributed by atoms with Crippen LogP contribution in [0.1, 0.15) is 24.8 Å². The van der Waals surface area contributed by atoms with Gasteiger partial charge in [0, 0.05) is 18.0 Å². The molecular formula is C20H22Cl3N3O. The number of halogens is 3. The van der Waals surface area contributed by atoms with Gasteiger partial charge in [0.15, 0.2) is 0 Å². The molecule has 1 spiro atoms. The molecule has 4 nitrogen and oxygen atoms in total. The molecule has 2 aromatic heterocycles. The predicted molar refractivity (Wildman–Crippen MR) is 114 cm³/mol. The Bertz CT molecular complexity index is 951. The average molecular weight is 427 g/mol. The van der Waals surface area contributed by atoms with Crippen molar-refractivity contribution in [1.29, 1.82) is 0 Å². The highest BCUT2D eigenvalue weighted by atomic mass is 35.5. The van der Waals surface area contributed by atoms with E-state index >= 15 is 0 Å². The fourth-order valence-electron chi connectivity index (χ4n) is 4.10. The molecule has 2 aliphatic heterocycles. The van der Waals surface area contributed by atoms with E-state index in [0.717, 1.165) is 61.3 Å². The van der Waals surface area contributed by atoms with Crippen LogP contribution in [0.25, 0.3) is 16.8 Å². The second kappa shape index (κ2) is 7.88. The molecule has 144 valence electrons. The van der Waals surface area contributed by atoms with Crippen LogP contribution in [0.15, 0.2) is 42.7 Å². The summed E-state index contributed by atoms with van der Waals surface area (Å²) >= 11 is 6.60. The normalized spacial score (nSPS) is 17.5. The van der Waals surface area contributed by atoms with Gasteiger partial charge in [0.05, 0.1) is 0 Å². The van der Waals surface area contributed by atoms with E-state index in [1.54, 1.807) is 6.20 Å². The van der Waals surface area contributed by atoms with Crippen molar-refractivity contribution in [3.8, 4) is 16.9 Å². The number of hydrogen-bond donors (Lipinski definition) is 1. The lowest BCUT2D eigenvalue weighted by Crippen LogP contribution is -2.48. The number of nitrogens with one attached hydrogen (secondary N) is 1. The minimum Gasteiger partial charge on any atom is -0.487 e. The van der Waals surface area contributed by atoms with Gasteiger partial charge in [0.25, 0.3) is 0 Å². The van der Waals surface area contributed by atoms with Crippen molar-refractivity contribution >= 4 is 42.1 Å². The van der Waals surface area contributed by atoms with Crippen LogP contribution < -0.4 is 10.1 Å². The van der Waals surface area contributed by atoms with Crippen molar-refractivity contribution in [2.45, 2.75) is 31.3 Å². The molecule has 0 aliphatic carbocycles. The lowest BCUT2D eigenvalue weighted by atomic mass is 9.83. The number of aryl methyl sites for hydroxylation is 1. The number of benzene rings is 1. The third kappa shape index (κ3) is 3.52. The first-order valence-corrected chi connectivity index (χ1v) is 9.27. The van der Waals surface area contributed by atoms with Gasteiger partial charge in [-0.2, -0.15) is 0 Å². The Labute approximate surface area is 176 Å². The first-order chi connectivity index (χ1) is 12.2. The molecule has 0 unspecified atom stereocenters. The smallest absolute Gasteiger partial charge is 0.137 e. The summed E-state index contributed by atoms with van der Waals surface area (Å²) in [6.07, 6.45) is 8.01. The number of aromatic nitrogens is 2. The highest BCUT2D eigenvalue weighted by molar-refractivity contribution is 6.32. The summed E-state index contributed by atoms with van der Waals surface area (Å²) in [5, 5.41) is 4.12. The Morgan fingerprint density at radius 1 is 1.07 bits per heavy atom. The number of ether oxygens (including phenoxy) is 1. The molecule has 4 heterocycles. The second-order valence-electron chi connectivity index (χ2n) is 7.05. The van der Waals surface area contributed by atoms with Crippen LogP contribution in [0.5, 0.6) is 5.75 Å². The van der Waals surface area contributed by atoms with E-state index in [9.17, 15) is 0 Å². The summed E-state index contributed by atoms with van der Waals surface area (Å²) in [5.74, 6) is 1.04. The van der Waals surface area contributed by atoms with E-state index < -0.39 is 0 Å². The standard InChI is InChI=1S/C20H20ClN3O.2ClH/c21-19-16(2-4-18-23-11-12-24(18)19)14-1-3-17-15(13-14)5-6-20(25-17)7-9-22-10-8-20;;/h1-4,11-13,22H,5-10H2;2*1H. The summed E-state index contributed by atoms with van der Waals surface area (Å²) in [4.78, 5) is 4.29. The highest BCUT2D eigenvalue weighted by Gasteiger charge is 2.37. The molecule has 0 radical (unpaired) electrons. The molecule has 1 aromatic carbocycles. The number of pyridine rings is 1. The average Bonchev–Trinajstić information content (AvgIpc) is 3.12. The molecule has 1 saturated heterocycles. The van der Waals surface area contributed by atoms with Gasteiger partial charge in [-0.1, -0.05) is 17.7 Å². The molecule has 1 N–H and O–H groups in total. The predicted octanol–water partition coefficient (Wildman–Crippen LogP) is 4.95. The number of hydrogen-bond acceptors (Lipinski definition) is 3. The Morgan fingerprint density at radius 3 is 2.70 bits per heavy atom. The van der Waals surface area contributed by atoms with Crippen molar-refractivity contribution in [3.05, 3.63) is 53.4 Å². The van der Waals surface area contributed by atoms with Crippen molar-refractivity contribution in [2.24, 2.45) is 0 Å². The van der Waals surface area contributed by atoms with E-state index in [4.69, 9.17) is 16.3 Å². The summed E-state index contributed by atoms with van der Waals surface area (Å²) in [7, 11) is 0. The quantitative estimate of drug-likeness (QED) is 0.560. The van der Waals surface area contributed by atoms with Gasteiger partial charge in [0.1, 0.15) is 22.2 Å². The molecule has 2 aliphatic rings. The maximum Gasteiger partial charge on any atom is 0.137 e. The van der Waals surface area contributed by atoms with Gasteiger partial charge in [-0.15, -0.1) is 24.8 Å². The van der Waals surface area contributed by atoms with Crippen LogP contribution in [0.4, 0.5) is 0 Å². The van der Waals surface area contributed by atoms with Gasteiger partial charge < -0.3 is 10.1 Å². The molecule has 5 rings (SSSR count). The topological polar surface area (TPSA) is 38.6 Å². The largest absolute Gasteiger partial charge is 0.487 e. The van der Waals surface area contributed by atoms with E-state index in [1.165, 1.54) is 5.56 Å². The van der Waals surface area contributed by atoms with Crippen LogP contribution in [-0.2, 0) is 6.42 Å². The first-order valence-electron chi connectivity index (χ1n) is 8.89. The molecule has 0 atom stereocenters. The van der Waals surface area contributed by atoms with Crippen LogP contribution in [0.2, 0.25) is 5.15 Å². The Kier molecular flexibility index (Phi) is 5.92. The monoisotopic (exact) mass is 425 g/mol.